The quantitative estimate of drug-likeness (QED) is 0.733. The minimum absolute atomic E-state index is 0.199. The van der Waals surface area contributed by atoms with E-state index in [0.717, 1.165) is 10.7 Å². The molecule has 0 aromatic rings. The summed E-state index contributed by atoms with van der Waals surface area (Å²) in [5, 5.41) is 18.3. The van der Waals surface area contributed by atoms with Crippen molar-refractivity contribution in [1.29, 1.82) is 5.26 Å². The van der Waals surface area contributed by atoms with Crippen LogP contribution in [0.2, 0.25) is 0 Å². The Morgan fingerprint density at radius 2 is 1.86 bits per heavy atom. The van der Waals surface area contributed by atoms with E-state index in [4.69, 9.17) is 5.26 Å². The van der Waals surface area contributed by atoms with Crippen LogP contribution in [0.15, 0.2) is 11.0 Å². The molecule has 1 N–H and O–H groups in total. The molecule has 0 atom stereocenters. The molecule has 0 heterocycles. The predicted octanol–water partition coefficient (Wildman–Crippen LogP) is 2.94. The van der Waals surface area contributed by atoms with Crippen LogP contribution in [0.1, 0.15) is 34.6 Å². The minimum atomic E-state index is -0.911. The highest BCUT2D eigenvalue weighted by molar-refractivity contribution is 8.03. The van der Waals surface area contributed by atoms with Gasteiger partial charge in [0.15, 0.2) is 0 Å². The molecule has 0 aliphatic rings. The third-order valence-corrected chi connectivity index (χ3v) is 3.40. The van der Waals surface area contributed by atoms with E-state index in [0.29, 0.717) is 0 Å². The predicted molar refractivity (Wildman–Crippen MR) is 61.9 cm³/mol. The largest absolute Gasteiger partial charge is 0.385 e. The molecule has 0 unspecified atom stereocenters. The van der Waals surface area contributed by atoms with Crippen LogP contribution < -0.4 is 0 Å². The lowest BCUT2D eigenvalue weighted by Gasteiger charge is -2.24. The molecule has 0 aliphatic carbocycles. The Morgan fingerprint density at radius 1 is 1.36 bits per heavy atom. The van der Waals surface area contributed by atoms with E-state index in [1.54, 1.807) is 25.6 Å². The number of aliphatic hydroxyl groups is 1. The number of hydrogen-bond donors (Lipinski definition) is 1. The fraction of sp³-hybridized carbons (Fsp3) is 0.727. The molecule has 0 aliphatic heterocycles. The van der Waals surface area contributed by atoms with E-state index in [-0.39, 0.29) is 5.41 Å². The molecule has 0 aromatic heterocycles. The Kier molecular flexibility index (Phi) is 4.70. The third-order valence-electron chi connectivity index (χ3n) is 1.46. The van der Waals surface area contributed by atoms with Gasteiger partial charge in [-0.05, 0) is 19.3 Å². The minimum Gasteiger partial charge on any atom is -0.385 e. The first-order valence-corrected chi connectivity index (χ1v) is 5.61. The SMILES string of the molecule is CC(C)(C)CS/C(=C/C#N)C(C)(C)O. The number of allylic oxidation sites excluding steroid dienone is 1. The Balaban J connectivity index is 4.45. The van der Waals surface area contributed by atoms with Crippen molar-refractivity contribution in [3.63, 3.8) is 0 Å². The van der Waals surface area contributed by atoms with Crippen LogP contribution in [-0.4, -0.2) is 16.5 Å². The van der Waals surface area contributed by atoms with Gasteiger partial charge in [-0.2, -0.15) is 5.26 Å². The van der Waals surface area contributed by atoms with Gasteiger partial charge in [-0.3, -0.25) is 0 Å². The normalized spacial score (nSPS) is 13.9. The number of rotatable bonds is 3. The lowest BCUT2D eigenvalue weighted by molar-refractivity contribution is 0.129. The van der Waals surface area contributed by atoms with E-state index < -0.39 is 5.60 Å². The molecule has 3 heteroatoms. The Hall–Kier alpha value is -0.460. The van der Waals surface area contributed by atoms with Crippen molar-refractivity contribution >= 4 is 11.8 Å². The molecule has 14 heavy (non-hydrogen) atoms. The first-order chi connectivity index (χ1) is 6.17. The van der Waals surface area contributed by atoms with Crippen LogP contribution in [0.5, 0.6) is 0 Å². The standard InChI is InChI=1S/C11H19NOS/c1-10(2,3)8-14-9(6-7-12)11(4,5)13/h6,13H,8H2,1-5H3/b9-6+. The Bertz CT molecular complexity index is 250. The summed E-state index contributed by atoms with van der Waals surface area (Å²) in [4.78, 5) is 0.731. The molecule has 0 radical (unpaired) electrons. The second kappa shape index (κ2) is 4.86. The molecule has 2 nitrogen and oxygen atoms in total. The van der Waals surface area contributed by atoms with Crippen molar-refractivity contribution in [2.75, 3.05) is 5.75 Å². The maximum absolute atomic E-state index is 9.77. The monoisotopic (exact) mass is 213 g/mol. The van der Waals surface area contributed by atoms with Crippen molar-refractivity contribution < 1.29 is 5.11 Å². The molecule has 0 amide bonds. The second-order valence-electron chi connectivity index (χ2n) is 5.05. The van der Waals surface area contributed by atoms with Gasteiger partial charge in [0.05, 0.1) is 11.7 Å². The van der Waals surface area contributed by atoms with Crippen LogP contribution in [-0.2, 0) is 0 Å². The van der Waals surface area contributed by atoms with Crippen LogP contribution in [0, 0.1) is 16.7 Å². The fourth-order valence-electron chi connectivity index (χ4n) is 0.748. The van der Waals surface area contributed by atoms with Crippen molar-refractivity contribution in [2.45, 2.75) is 40.2 Å². The van der Waals surface area contributed by atoms with Crippen molar-refractivity contribution in [2.24, 2.45) is 5.41 Å². The van der Waals surface area contributed by atoms with Gasteiger partial charge in [0, 0.05) is 16.7 Å². The zero-order valence-corrected chi connectivity index (χ0v) is 10.4. The molecule has 0 saturated carbocycles. The third kappa shape index (κ3) is 6.06. The highest BCUT2D eigenvalue weighted by Crippen LogP contribution is 2.32. The average Bonchev–Trinajstić information content (AvgIpc) is 1.93. The van der Waals surface area contributed by atoms with E-state index in [9.17, 15) is 5.11 Å². The van der Waals surface area contributed by atoms with E-state index in [2.05, 4.69) is 20.8 Å². The first-order valence-electron chi connectivity index (χ1n) is 4.62. The van der Waals surface area contributed by atoms with Gasteiger partial charge in [-0.15, -0.1) is 11.8 Å². The average molecular weight is 213 g/mol. The van der Waals surface area contributed by atoms with Crippen molar-refractivity contribution in [3.8, 4) is 6.07 Å². The molecule has 0 fully saturated rings. The van der Waals surface area contributed by atoms with Crippen LogP contribution in [0.3, 0.4) is 0 Å². The molecular weight excluding hydrogens is 194 g/mol. The molecule has 80 valence electrons. The van der Waals surface area contributed by atoms with E-state index in [1.165, 1.54) is 6.08 Å². The fourth-order valence-corrected chi connectivity index (χ4v) is 1.83. The summed E-state index contributed by atoms with van der Waals surface area (Å²) in [6.07, 6.45) is 1.43. The van der Waals surface area contributed by atoms with Gasteiger partial charge in [-0.25, -0.2) is 0 Å². The number of hydrogen-bond acceptors (Lipinski definition) is 3. The van der Waals surface area contributed by atoms with Gasteiger partial charge in [0.25, 0.3) is 0 Å². The van der Waals surface area contributed by atoms with Crippen molar-refractivity contribution in [3.05, 3.63) is 11.0 Å². The Morgan fingerprint density at radius 3 is 2.14 bits per heavy atom. The summed E-state index contributed by atoms with van der Waals surface area (Å²) < 4.78 is 0. The summed E-state index contributed by atoms with van der Waals surface area (Å²) in [7, 11) is 0. The van der Waals surface area contributed by atoms with Gasteiger partial charge in [0.2, 0.25) is 0 Å². The Labute approximate surface area is 91.0 Å². The van der Waals surface area contributed by atoms with E-state index in [1.807, 2.05) is 6.07 Å². The van der Waals surface area contributed by atoms with Crippen LogP contribution in [0.4, 0.5) is 0 Å². The van der Waals surface area contributed by atoms with Gasteiger partial charge >= 0.3 is 0 Å². The topological polar surface area (TPSA) is 44.0 Å². The number of nitrogens with zero attached hydrogens (tertiary/aromatic N) is 1. The molecule has 0 aromatic carbocycles. The summed E-state index contributed by atoms with van der Waals surface area (Å²) in [6.45, 7) is 9.80. The first kappa shape index (κ1) is 13.5. The lowest BCUT2D eigenvalue weighted by Crippen LogP contribution is -2.21. The molecule has 0 bridgehead atoms. The highest BCUT2D eigenvalue weighted by Gasteiger charge is 2.22. The van der Waals surface area contributed by atoms with E-state index >= 15 is 0 Å². The molecule has 0 rings (SSSR count). The lowest BCUT2D eigenvalue weighted by atomic mass is 10.0. The maximum atomic E-state index is 9.77. The molecular formula is C11H19NOS. The van der Waals surface area contributed by atoms with Crippen molar-refractivity contribution in [1.82, 2.24) is 0 Å². The van der Waals surface area contributed by atoms with Gasteiger partial charge in [0.1, 0.15) is 0 Å². The summed E-state index contributed by atoms with van der Waals surface area (Å²) in [5.74, 6) is 0.893. The smallest absolute Gasteiger partial charge is 0.0921 e. The summed E-state index contributed by atoms with van der Waals surface area (Å²) in [5.41, 5.74) is -0.712. The second-order valence-corrected chi connectivity index (χ2v) is 6.06. The highest BCUT2D eigenvalue weighted by atomic mass is 32.2. The summed E-state index contributed by atoms with van der Waals surface area (Å²) >= 11 is 1.55. The zero-order chi connectivity index (χ0) is 11.4. The van der Waals surface area contributed by atoms with Crippen LogP contribution in [0.25, 0.3) is 0 Å². The molecule has 0 spiro atoms. The molecule has 0 saturated heterocycles. The van der Waals surface area contributed by atoms with Gasteiger partial charge in [-0.1, -0.05) is 20.8 Å². The van der Waals surface area contributed by atoms with Crippen LogP contribution >= 0.6 is 11.8 Å². The zero-order valence-electron chi connectivity index (χ0n) is 9.59. The van der Waals surface area contributed by atoms with Gasteiger partial charge < -0.3 is 5.11 Å². The number of thioether (sulfide) groups is 1. The maximum Gasteiger partial charge on any atom is 0.0921 e. The summed E-state index contributed by atoms with van der Waals surface area (Å²) in [6, 6.07) is 1.97. The number of nitriles is 1.